The fourth-order valence-electron chi connectivity index (χ4n) is 3.04. The third-order valence-corrected chi connectivity index (χ3v) is 3.77. The predicted molar refractivity (Wildman–Crippen MR) is 70.4 cm³/mol. The van der Waals surface area contributed by atoms with Crippen LogP contribution in [0.15, 0.2) is 0 Å². The first kappa shape index (κ1) is 14.0. The Labute approximate surface area is 102 Å². The highest BCUT2D eigenvalue weighted by atomic mass is 16.3. The van der Waals surface area contributed by atoms with E-state index < -0.39 is 0 Å². The predicted octanol–water partition coefficient (Wildman–Crippen LogP) is 4.39. The molecule has 0 spiro atoms. The van der Waals surface area contributed by atoms with Crippen LogP contribution in [0.3, 0.4) is 0 Å². The van der Waals surface area contributed by atoms with Gasteiger partial charge in [0.25, 0.3) is 0 Å². The second kappa shape index (κ2) is 5.08. The highest BCUT2D eigenvalue weighted by molar-refractivity contribution is 4.90. The van der Waals surface area contributed by atoms with Crippen LogP contribution in [0.1, 0.15) is 73.1 Å². The van der Waals surface area contributed by atoms with Crippen LogP contribution >= 0.6 is 0 Å². The molecule has 0 aliphatic heterocycles. The Bertz CT molecular complexity index is 214. The topological polar surface area (TPSA) is 20.2 Å². The van der Waals surface area contributed by atoms with E-state index in [-0.39, 0.29) is 5.60 Å². The van der Waals surface area contributed by atoms with E-state index in [1.165, 1.54) is 19.3 Å². The first-order valence-electron chi connectivity index (χ1n) is 6.93. The van der Waals surface area contributed by atoms with Crippen molar-refractivity contribution in [2.75, 3.05) is 0 Å². The minimum Gasteiger partial charge on any atom is -0.390 e. The molecular weight excluding hydrogens is 196 g/mol. The van der Waals surface area contributed by atoms with Crippen molar-refractivity contribution in [3.8, 4) is 0 Å². The molecular formula is C15H30O. The van der Waals surface area contributed by atoms with Crippen molar-refractivity contribution in [1.82, 2.24) is 0 Å². The average molecular weight is 226 g/mol. The van der Waals surface area contributed by atoms with Crippen molar-refractivity contribution in [3.05, 3.63) is 0 Å². The van der Waals surface area contributed by atoms with Crippen LogP contribution in [0, 0.1) is 17.3 Å². The molecule has 1 rings (SSSR count). The lowest BCUT2D eigenvalue weighted by molar-refractivity contribution is 0.0277. The normalized spacial score (nSPS) is 31.3. The van der Waals surface area contributed by atoms with Gasteiger partial charge in [0.15, 0.2) is 0 Å². The highest BCUT2D eigenvalue weighted by Gasteiger charge is 2.37. The molecule has 0 radical (unpaired) electrons. The lowest BCUT2D eigenvalue weighted by Gasteiger charge is -2.26. The molecule has 0 heterocycles. The maximum atomic E-state index is 10.5. The summed E-state index contributed by atoms with van der Waals surface area (Å²) in [6.07, 6.45) is 6.73. The van der Waals surface area contributed by atoms with Crippen LogP contribution in [-0.4, -0.2) is 10.7 Å². The van der Waals surface area contributed by atoms with Crippen molar-refractivity contribution in [2.45, 2.75) is 78.7 Å². The number of rotatable bonds is 4. The molecule has 1 N–H and O–H groups in total. The van der Waals surface area contributed by atoms with E-state index in [1.807, 2.05) is 0 Å². The van der Waals surface area contributed by atoms with Crippen LogP contribution in [0.2, 0.25) is 0 Å². The summed E-state index contributed by atoms with van der Waals surface area (Å²) in [5.41, 5.74) is 0.0775. The second-order valence-corrected chi connectivity index (χ2v) is 7.53. The molecule has 0 saturated heterocycles. The van der Waals surface area contributed by atoms with Gasteiger partial charge in [0, 0.05) is 0 Å². The zero-order valence-corrected chi connectivity index (χ0v) is 11.8. The van der Waals surface area contributed by atoms with Gasteiger partial charge in [0.05, 0.1) is 5.60 Å². The van der Waals surface area contributed by atoms with Gasteiger partial charge in [0.2, 0.25) is 0 Å². The summed E-state index contributed by atoms with van der Waals surface area (Å²) in [6.45, 7) is 11.4. The Morgan fingerprint density at radius 1 is 1.31 bits per heavy atom. The van der Waals surface area contributed by atoms with Gasteiger partial charge >= 0.3 is 0 Å². The minimum absolute atomic E-state index is 0.333. The summed E-state index contributed by atoms with van der Waals surface area (Å²) in [6, 6.07) is 0. The number of aliphatic hydroxyl groups is 1. The molecule has 1 nitrogen and oxygen atoms in total. The van der Waals surface area contributed by atoms with Crippen LogP contribution < -0.4 is 0 Å². The van der Waals surface area contributed by atoms with Gasteiger partial charge in [-0.25, -0.2) is 0 Å². The minimum atomic E-state index is -0.333. The Balaban J connectivity index is 2.38. The molecule has 96 valence electrons. The van der Waals surface area contributed by atoms with E-state index >= 15 is 0 Å². The first-order chi connectivity index (χ1) is 7.20. The molecule has 1 unspecified atom stereocenters. The molecule has 0 aromatic rings. The van der Waals surface area contributed by atoms with E-state index in [2.05, 4.69) is 34.6 Å². The summed E-state index contributed by atoms with van der Waals surface area (Å²) >= 11 is 0. The fraction of sp³-hybridized carbons (Fsp3) is 1.00. The van der Waals surface area contributed by atoms with Gasteiger partial charge in [-0.3, -0.25) is 0 Å². The van der Waals surface area contributed by atoms with Gasteiger partial charge < -0.3 is 5.11 Å². The maximum Gasteiger partial charge on any atom is 0.0650 e. The smallest absolute Gasteiger partial charge is 0.0650 e. The monoisotopic (exact) mass is 226 g/mol. The van der Waals surface area contributed by atoms with Crippen LogP contribution in [0.4, 0.5) is 0 Å². The van der Waals surface area contributed by atoms with E-state index in [0.717, 1.165) is 25.2 Å². The Kier molecular flexibility index (Phi) is 4.45. The molecule has 1 aliphatic rings. The highest BCUT2D eigenvalue weighted by Crippen LogP contribution is 2.43. The third kappa shape index (κ3) is 4.86. The van der Waals surface area contributed by atoms with Crippen LogP contribution in [0.5, 0.6) is 0 Å². The van der Waals surface area contributed by atoms with Crippen molar-refractivity contribution in [2.24, 2.45) is 17.3 Å². The Morgan fingerprint density at radius 2 is 1.94 bits per heavy atom. The van der Waals surface area contributed by atoms with Gasteiger partial charge in [-0.1, -0.05) is 34.6 Å². The fourth-order valence-corrected chi connectivity index (χ4v) is 3.04. The standard InChI is InChI=1S/C15H30O/c1-12(2)6-8-15(16)9-7-13(11-15)10-14(3,4)5/h12-13,16H,6-11H2,1-5H3/t13?,15-/m0/s1. The van der Waals surface area contributed by atoms with E-state index in [0.29, 0.717) is 11.3 Å². The average Bonchev–Trinajstić information content (AvgIpc) is 2.42. The molecule has 0 amide bonds. The zero-order chi connectivity index (χ0) is 12.4. The lowest BCUT2D eigenvalue weighted by Crippen LogP contribution is -2.25. The SMILES string of the molecule is CC(C)CC[C@]1(O)CCC(CC(C)(C)C)C1. The molecule has 1 saturated carbocycles. The summed E-state index contributed by atoms with van der Waals surface area (Å²) in [7, 11) is 0. The molecule has 1 aliphatic carbocycles. The molecule has 2 atom stereocenters. The second-order valence-electron chi connectivity index (χ2n) is 7.53. The quantitative estimate of drug-likeness (QED) is 0.753. The van der Waals surface area contributed by atoms with Gasteiger partial charge in [0.1, 0.15) is 0 Å². The van der Waals surface area contributed by atoms with Crippen molar-refractivity contribution >= 4 is 0 Å². The van der Waals surface area contributed by atoms with Gasteiger partial charge in [-0.05, 0) is 55.8 Å². The maximum absolute atomic E-state index is 10.5. The molecule has 0 aromatic heterocycles. The zero-order valence-electron chi connectivity index (χ0n) is 11.8. The lowest BCUT2D eigenvalue weighted by atomic mass is 9.82. The summed E-state index contributed by atoms with van der Waals surface area (Å²) in [5, 5.41) is 10.5. The van der Waals surface area contributed by atoms with Gasteiger partial charge in [-0.15, -0.1) is 0 Å². The third-order valence-electron chi connectivity index (χ3n) is 3.77. The summed E-state index contributed by atoms with van der Waals surface area (Å²) < 4.78 is 0. The molecule has 1 fully saturated rings. The molecule has 0 aromatic carbocycles. The molecule has 0 bridgehead atoms. The van der Waals surface area contributed by atoms with Gasteiger partial charge in [-0.2, -0.15) is 0 Å². The molecule has 16 heavy (non-hydrogen) atoms. The Morgan fingerprint density at radius 3 is 2.44 bits per heavy atom. The number of hydrogen-bond donors (Lipinski definition) is 1. The first-order valence-corrected chi connectivity index (χ1v) is 6.93. The van der Waals surface area contributed by atoms with Crippen LogP contribution in [0.25, 0.3) is 0 Å². The largest absolute Gasteiger partial charge is 0.390 e. The van der Waals surface area contributed by atoms with E-state index in [9.17, 15) is 5.11 Å². The van der Waals surface area contributed by atoms with Crippen LogP contribution in [-0.2, 0) is 0 Å². The number of hydrogen-bond acceptors (Lipinski definition) is 1. The Hall–Kier alpha value is -0.0400. The molecule has 1 heteroatoms. The van der Waals surface area contributed by atoms with Crippen molar-refractivity contribution < 1.29 is 5.11 Å². The van der Waals surface area contributed by atoms with Crippen molar-refractivity contribution in [1.29, 1.82) is 0 Å². The van der Waals surface area contributed by atoms with E-state index in [1.54, 1.807) is 0 Å². The summed E-state index contributed by atoms with van der Waals surface area (Å²) in [5.74, 6) is 1.46. The summed E-state index contributed by atoms with van der Waals surface area (Å²) in [4.78, 5) is 0. The van der Waals surface area contributed by atoms with Crippen molar-refractivity contribution in [3.63, 3.8) is 0 Å². The van der Waals surface area contributed by atoms with E-state index in [4.69, 9.17) is 0 Å².